The first kappa shape index (κ1) is 32.1. The van der Waals surface area contributed by atoms with Gasteiger partial charge in [-0.25, -0.2) is 23.1 Å². The van der Waals surface area contributed by atoms with Gasteiger partial charge in [0.2, 0.25) is 10.0 Å². The zero-order valence-corrected chi connectivity index (χ0v) is 26.9. The summed E-state index contributed by atoms with van der Waals surface area (Å²) in [6.45, 7) is 2.27. The summed E-state index contributed by atoms with van der Waals surface area (Å²) in [4.78, 5) is 8.94. The second kappa shape index (κ2) is 14.7. The summed E-state index contributed by atoms with van der Waals surface area (Å²) in [5, 5.41) is 10.2. The van der Waals surface area contributed by atoms with Gasteiger partial charge in [0.25, 0.3) is 0 Å². The standard InChI is InChI=1S/C36H35N3O5S2/c1-25-33(24-45-36-37-20-7-21-38-36)43-35(44-34(25)28-14-12-26(23-40)13-15-28)29-18-16-27(17-19-29)32-11-6-5-8-30(32)22-39-46(41,42)31-9-3-2-4-10-31/h2-21,25,33-35,39-40H,22-24H2,1H3. The van der Waals surface area contributed by atoms with Crippen LogP contribution in [0.2, 0.25) is 0 Å². The van der Waals surface area contributed by atoms with Crippen molar-refractivity contribution in [2.24, 2.45) is 5.92 Å². The van der Waals surface area contributed by atoms with Crippen LogP contribution in [0.3, 0.4) is 0 Å². The smallest absolute Gasteiger partial charge is 0.240 e. The second-order valence-corrected chi connectivity index (χ2v) is 13.8. The van der Waals surface area contributed by atoms with Gasteiger partial charge in [-0.05, 0) is 46.0 Å². The van der Waals surface area contributed by atoms with Gasteiger partial charge in [0.05, 0.1) is 23.7 Å². The van der Waals surface area contributed by atoms with Crippen molar-refractivity contribution in [2.75, 3.05) is 5.75 Å². The third-order valence-corrected chi connectivity index (χ3v) is 10.4. The molecule has 5 aromatic rings. The summed E-state index contributed by atoms with van der Waals surface area (Å²) in [7, 11) is -3.65. The number of benzene rings is 4. The largest absolute Gasteiger partial charge is 0.392 e. The van der Waals surface area contributed by atoms with E-state index in [1.165, 1.54) is 0 Å². The van der Waals surface area contributed by atoms with Crippen LogP contribution in [0.4, 0.5) is 0 Å². The lowest BCUT2D eigenvalue weighted by molar-refractivity contribution is -0.268. The van der Waals surface area contributed by atoms with Crippen molar-refractivity contribution in [3.05, 3.63) is 144 Å². The molecule has 10 heteroatoms. The zero-order chi connectivity index (χ0) is 31.9. The Morgan fingerprint density at radius 3 is 2.20 bits per heavy atom. The van der Waals surface area contributed by atoms with Crippen molar-refractivity contribution in [1.82, 2.24) is 14.7 Å². The number of sulfonamides is 1. The number of ether oxygens (including phenoxy) is 2. The maximum Gasteiger partial charge on any atom is 0.240 e. The number of aliphatic hydroxyl groups excluding tert-OH is 1. The molecule has 0 aliphatic carbocycles. The summed E-state index contributed by atoms with van der Waals surface area (Å²) in [6, 6.07) is 33.8. The van der Waals surface area contributed by atoms with Crippen LogP contribution in [0.15, 0.2) is 132 Å². The lowest BCUT2D eigenvalue weighted by Crippen LogP contribution is -2.38. The fourth-order valence-electron chi connectivity index (χ4n) is 5.46. The molecule has 0 spiro atoms. The molecule has 1 fully saturated rings. The summed E-state index contributed by atoms with van der Waals surface area (Å²) < 4.78 is 41.6. The van der Waals surface area contributed by atoms with Crippen LogP contribution in [-0.2, 0) is 32.6 Å². The third kappa shape index (κ3) is 7.55. The van der Waals surface area contributed by atoms with E-state index in [0.29, 0.717) is 10.9 Å². The molecule has 236 valence electrons. The van der Waals surface area contributed by atoms with Gasteiger partial charge in [0, 0.05) is 36.2 Å². The molecule has 8 nitrogen and oxygen atoms in total. The van der Waals surface area contributed by atoms with Crippen LogP contribution in [0, 0.1) is 5.92 Å². The molecule has 0 radical (unpaired) electrons. The Morgan fingerprint density at radius 2 is 1.48 bits per heavy atom. The lowest BCUT2D eigenvalue weighted by atomic mass is 9.91. The normalized spacial score (nSPS) is 20.0. The van der Waals surface area contributed by atoms with Gasteiger partial charge < -0.3 is 14.6 Å². The van der Waals surface area contributed by atoms with Crippen LogP contribution in [0.25, 0.3) is 11.1 Å². The third-order valence-electron chi connectivity index (χ3n) is 8.06. The number of aromatic nitrogens is 2. The van der Waals surface area contributed by atoms with E-state index in [-0.39, 0.29) is 36.2 Å². The minimum atomic E-state index is -3.65. The lowest BCUT2D eigenvalue weighted by Gasteiger charge is -2.41. The molecular weight excluding hydrogens is 619 g/mol. The molecule has 1 aliphatic rings. The van der Waals surface area contributed by atoms with Gasteiger partial charge in [-0.2, -0.15) is 0 Å². The van der Waals surface area contributed by atoms with E-state index in [4.69, 9.17) is 9.47 Å². The zero-order valence-electron chi connectivity index (χ0n) is 25.3. The predicted molar refractivity (Wildman–Crippen MR) is 178 cm³/mol. The minimum Gasteiger partial charge on any atom is -0.392 e. The van der Waals surface area contributed by atoms with E-state index in [2.05, 4.69) is 21.6 Å². The molecule has 46 heavy (non-hydrogen) atoms. The number of nitrogens with zero attached hydrogens (tertiary/aromatic N) is 2. The Labute approximate surface area is 273 Å². The van der Waals surface area contributed by atoms with Crippen LogP contribution < -0.4 is 4.72 Å². The summed E-state index contributed by atoms with van der Waals surface area (Å²) in [5.74, 6) is 0.693. The predicted octanol–water partition coefficient (Wildman–Crippen LogP) is 6.70. The monoisotopic (exact) mass is 653 g/mol. The Hall–Kier alpha value is -3.90. The van der Waals surface area contributed by atoms with Crippen LogP contribution in [-0.4, -0.2) is 35.3 Å². The van der Waals surface area contributed by atoms with E-state index in [1.807, 2.05) is 72.8 Å². The molecule has 2 heterocycles. The Morgan fingerprint density at radius 1 is 0.804 bits per heavy atom. The highest BCUT2D eigenvalue weighted by molar-refractivity contribution is 7.99. The molecule has 0 saturated carbocycles. The number of hydrogen-bond donors (Lipinski definition) is 2. The number of nitrogens with one attached hydrogen (secondary N) is 1. The van der Waals surface area contributed by atoms with Gasteiger partial charge >= 0.3 is 0 Å². The highest BCUT2D eigenvalue weighted by atomic mass is 32.2. The molecule has 6 rings (SSSR count). The van der Waals surface area contributed by atoms with Gasteiger partial charge in [-0.15, -0.1) is 0 Å². The Bertz CT molecular complexity index is 1820. The number of aliphatic hydroxyl groups is 1. The van der Waals surface area contributed by atoms with E-state index >= 15 is 0 Å². The van der Waals surface area contributed by atoms with Crippen LogP contribution in [0.1, 0.15) is 41.6 Å². The van der Waals surface area contributed by atoms with E-state index < -0.39 is 16.3 Å². The molecule has 2 N–H and O–H groups in total. The molecule has 0 bridgehead atoms. The Kier molecular flexibility index (Phi) is 10.2. The fraction of sp³-hybridized carbons (Fsp3) is 0.222. The fourth-order valence-corrected chi connectivity index (χ4v) is 7.45. The van der Waals surface area contributed by atoms with Crippen molar-refractivity contribution in [2.45, 2.75) is 48.6 Å². The average molecular weight is 654 g/mol. The van der Waals surface area contributed by atoms with Gasteiger partial charge in [0.15, 0.2) is 11.4 Å². The topological polar surface area (TPSA) is 111 Å². The highest BCUT2D eigenvalue weighted by Crippen LogP contribution is 2.43. The highest BCUT2D eigenvalue weighted by Gasteiger charge is 2.38. The van der Waals surface area contributed by atoms with E-state index in [0.717, 1.165) is 33.4 Å². The van der Waals surface area contributed by atoms with Crippen molar-refractivity contribution < 1.29 is 23.0 Å². The number of rotatable bonds is 11. The van der Waals surface area contributed by atoms with Gasteiger partial charge in [-0.3, -0.25) is 0 Å². The SMILES string of the molecule is CC1C(CSc2ncccn2)OC(c2ccc(-c3ccccc3CNS(=O)(=O)c3ccccc3)cc2)OC1c1ccc(CO)cc1. The quantitative estimate of drug-likeness (QED) is 0.120. The molecule has 4 aromatic carbocycles. The second-order valence-electron chi connectivity index (χ2n) is 11.1. The summed E-state index contributed by atoms with van der Waals surface area (Å²) >= 11 is 1.55. The van der Waals surface area contributed by atoms with Crippen molar-refractivity contribution in [1.29, 1.82) is 0 Å². The van der Waals surface area contributed by atoms with Gasteiger partial charge in [0.1, 0.15) is 0 Å². The van der Waals surface area contributed by atoms with Crippen LogP contribution in [0.5, 0.6) is 0 Å². The van der Waals surface area contributed by atoms with Crippen molar-refractivity contribution in [3.63, 3.8) is 0 Å². The molecule has 1 aliphatic heterocycles. The van der Waals surface area contributed by atoms with E-state index in [1.54, 1.807) is 60.6 Å². The molecular formula is C36H35N3O5S2. The first-order valence-corrected chi connectivity index (χ1v) is 17.5. The summed E-state index contributed by atoms with van der Waals surface area (Å²) in [6.07, 6.45) is 2.48. The number of thioether (sulfide) groups is 1. The molecule has 1 aromatic heterocycles. The molecule has 0 amide bonds. The minimum absolute atomic E-state index is 0.0161. The number of hydrogen-bond acceptors (Lipinski definition) is 8. The molecule has 4 atom stereocenters. The first-order chi connectivity index (χ1) is 22.4. The molecule has 4 unspecified atom stereocenters. The first-order valence-electron chi connectivity index (χ1n) is 15.0. The maximum atomic E-state index is 12.9. The molecule has 1 saturated heterocycles. The van der Waals surface area contributed by atoms with Crippen molar-refractivity contribution >= 4 is 21.8 Å². The maximum absolute atomic E-state index is 12.9. The van der Waals surface area contributed by atoms with Crippen LogP contribution >= 0.6 is 11.8 Å². The van der Waals surface area contributed by atoms with Gasteiger partial charge in [-0.1, -0.05) is 110 Å². The Balaban J connectivity index is 1.22. The average Bonchev–Trinajstić information content (AvgIpc) is 3.11. The summed E-state index contributed by atoms with van der Waals surface area (Å²) in [5.41, 5.74) is 5.49. The van der Waals surface area contributed by atoms with Crippen molar-refractivity contribution in [3.8, 4) is 11.1 Å². The van der Waals surface area contributed by atoms with E-state index in [9.17, 15) is 13.5 Å².